The van der Waals surface area contributed by atoms with Crippen LogP contribution in [0.3, 0.4) is 0 Å². The molecule has 0 atom stereocenters. The molecule has 146 valence electrons. The van der Waals surface area contributed by atoms with Gasteiger partial charge in [0.1, 0.15) is 0 Å². The maximum absolute atomic E-state index is 12.9. The molecule has 0 fully saturated rings. The monoisotopic (exact) mass is 414 g/mol. The molecule has 0 saturated heterocycles. The summed E-state index contributed by atoms with van der Waals surface area (Å²) in [6.45, 7) is 7.37. The second kappa shape index (κ2) is 9.26. The lowest BCUT2D eigenvalue weighted by Crippen LogP contribution is -2.32. The van der Waals surface area contributed by atoms with Crippen LogP contribution in [0, 0.1) is 6.92 Å². The maximum atomic E-state index is 12.9. The Labute approximate surface area is 174 Å². The number of halogens is 1. The van der Waals surface area contributed by atoms with Crippen molar-refractivity contribution >= 4 is 35.0 Å². The van der Waals surface area contributed by atoms with E-state index in [2.05, 4.69) is 10.2 Å². The fraction of sp³-hybridized carbons (Fsp3) is 0.286. The Hall–Kier alpha value is -2.31. The van der Waals surface area contributed by atoms with E-state index in [1.54, 1.807) is 0 Å². The molecule has 0 radical (unpaired) electrons. The second-order valence-electron chi connectivity index (χ2n) is 6.27. The van der Waals surface area contributed by atoms with Crippen molar-refractivity contribution in [2.75, 3.05) is 17.2 Å². The first-order valence-corrected chi connectivity index (χ1v) is 10.6. The minimum Gasteiger partial charge on any atom is -0.312 e. The zero-order valence-electron chi connectivity index (χ0n) is 16.2. The zero-order valence-corrected chi connectivity index (χ0v) is 17.8. The first-order chi connectivity index (χ1) is 13.5. The summed E-state index contributed by atoms with van der Waals surface area (Å²) in [4.78, 5) is 14.7. The number of amides is 1. The molecular formula is C21H23ClN4OS. The highest BCUT2D eigenvalue weighted by molar-refractivity contribution is 7.99. The van der Waals surface area contributed by atoms with Crippen LogP contribution < -0.4 is 4.90 Å². The summed E-state index contributed by atoms with van der Waals surface area (Å²) in [7, 11) is 0. The van der Waals surface area contributed by atoms with Crippen LogP contribution >= 0.6 is 23.4 Å². The normalized spacial score (nSPS) is 10.9. The van der Waals surface area contributed by atoms with Crippen LogP contribution in [0.5, 0.6) is 0 Å². The number of aromatic nitrogens is 3. The Bertz CT molecular complexity index is 973. The number of thioether (sulfide) groups is 1. The van der Waals surface area contributed by atoms with Crippen LogP contribution in [-0.2, 0) is 11.3 Å². The predicted molar refractivity (Wildman–Crippen MR) is 116 cm³/mol. The fourth-order valence-electron chi connectivity index (χ4n) is 3.07. The Kier molecular flexibility index (Phi) is 6.75. The van der Waals surface area contributed by atoms with Crippen molar-refractivity contribution in [3.8, 4) is 11.4 Å². The average Bonchev–Trinajstić information content (AvgIpc) is 3.11. The molecule has 5 nitrogen and oxygen atoms in total. The van der Waals surface area contributed by atoms with Crippen LogP contribution in [0.2, 0.25) is 5.02 Å². The van der Waals surface area contributed by atoms with E-state index >= 15 is 0 Å². The molecule has 0 saturated carbocycles. The SMILES string of the molecule is CCN(C(=O)CSc1nnc(-c2cccc(Cl)c2)n1CC)c1ccccc1C. The summed E-state index contributed by atoms with van der Waals surface area (Å²) in [6.07, 6.45) is 0. The lowest BCUT2D eigenvalue weighted by atomic mass is 10.2. The van der Waals surface area contributed by atoms with E-state index < -0.39 is 0 Å². The molecule has 0 aliphatic heterocycles. The number of para-hydroxylation sites is 1. The van der Waals surface area contributed by atoms with E-state index in [4.69, 9.17) is 11.6 Å². The molecule has 0 N–H and O–H groups in total. The largest absolute Gasteiger partial charge is 0.312 e. The van der Waals surface area contributed by atoms with Crippen LogP contribution in [-0.4, -0.2) is 33.0 Å². The summed E-state index contributed by atoms with van der Waals surface area (Å²) in [6, 6.07) is 15.5. The van der Waals surface area contributed by atoms with Gasteiger partial charge < -0.3 is 9.47 Å². The molecule has 3 aromatic rings. The second-order valence-corrected chi connectivity index (χ2v) is 7.65. The van der Waals surface area contributed by atoms with Crippen LogP contribution in [0.25, 0.3) is 11.4 Å². The molecule has 3 rings (SSSR count). The standard InChI is InChI=1S/C21H23ClN4OS/c1-4-25(18-12-7-6-9-15(18)3)19(27)14-28-21-24-23-20(26(21)5-2)16-10-8-11-17(22)13-16/h6-13H,4-5,14H2,1-3H3. The number of hydrogen-bond acceptors (Lipinski definition) is 4. The van der Waals surface area contributed by atoms with Gasteiger partial charge in [-0.1, -0.05) is 53.7 Å². The highest BCUT2D eigenvalue weighted by Gasteiger charge is 2.19. The molecule has 0 aliphatic rings. The van der Waals surface area contributed by atoms with Gasteiger partial charge in [0.25, 0.3) is 0 Å². The van der Waals surface area contributed by atoms with Crippen molar-refractivity contribution in [2.45, 2.75) is 32.5 Å². The number of anilines is 1. The summed E-state index contributed by atoms with van der Waals surface area (Å²) in [5.41, 5.74) is 2.95. The number of carbonyl (C=O) groups is 1. The maximum Gasteiger partial charge on any atom is 0.237 e. The third-order valence-corrected chi connectivity index (χ3v) is 5.65. The van der Waals surface area contributed by atoms with Gasteiger partial charge in [-0.25, -0.2) is 0 Å². The molecule has 0 spiro atoms. The topological polar surface area (TPSA) is 51.0 Å². The van der Waals surface area contributed by atoms with Crippen LogP contribution in [0.15, 0.2) is 53.7 Å². The molecule has 1 amide bonds. The third kappa shape index (κ3) is 4.39. The Balaban J connectivity index is 1.77. The number of benzene rings is 2. The number of rotatable bonds is 7. The summed E-state index contributed by atoms with van der Waals surface area (Å²) in [5.74, 6) is 1.11. The summed E-state index contributed by atoms with van der Waals surface area (Å²) in [5, 5.41) is 10.0. The fourth-order valence-corrected chi connectivity index (χ4v) is 4.14. The Morgan fingerprint density at radius 1 is 1.14 bits per heavy atom. The molecule has 0 unspecified atom stereocenters. The zero-order chi connectivity index (χ0) is 20.1. The molecule has 0 bridgehead atoms. The van der Waals surface area contributed by atoms with Gasteiger partial charge in [0.15, 0.2) is 11.0 Å². The van der Waals surface area contributed by atoms with Crippen LogP contribution in [0.1, 0.15) is 19.4 Å². The third-order valence-electron chi connectivity index (χ3n) is 4.46. The first kappa shape index (κ1) is 20.4. The van der Waals surface area contributed by atoms with E-state index in [0.29, 0.717) is 23.9 Å². The minimum absolute atomic E-state index is 0.0526. The lowest BCUT2D eigenvalue weighted by molar-refractivity contribution is -0.116. The van der Waals surface area contributed by atoms with E-state index in [-0.39, 0.29) is 5.91 Å². The van der Waals surface area contributed by atoms with Gasteiger partial charge in [-0.2, -0.15) is 0 Å². The summed E-state index contributed by atoms with van der Waals surface area (Å²) < 4.78 is 2.01. The van der Waals surface area contributed by atoms with E-state index in [1.807, 2.05) is 78.8 Å². The van der Waals surface area contributed by atoms with E-state index in [1.165, 1.54) is 11.8 Å². The average molecular weight is 415 g/mol. The van der Waals surface area contributed by atoms with Gasteiger partial charge in [0, 0.05) is 29.4 Å². The molecule has 28 heavy (non-hydrogen) atoms. The van der Waals surface area contributed by atoms with Crippen molar-refractivity contribution in [3.05, 3.63) is 59.1 Å². The summed E-state index contributed by atoms with van der Waals surface area (Å²) >= 11 is 7.52. The smallest absolute Gasteiger partial charge is 0.237 e. The highest BCUT2D eigenvalue weighted by Crippen LogP contribution is 2.27. The van der Waals surface area contributed by atoms with Gasteiger partial charge in [-0.3, -0.25) is 4.79 Å². The van der Waals surface area contributed by atoms with Crippen molar-refractivity contribution in [3.63, 3.8) is 0 Å². The predicted octanol–water partition coefficient (Wildman–Crippen LogP) is 5.07. The van der Waals surface area contributed by atoms with Gasteiger partial charge >= 0.3 is 0 Å². The molecule has 1 aromatic heterocycles. The molecule has 1 heterocycles. The van der Waals surface area contributed by atoms with Crippen LogP contribution in [0.4, 0.5) is 5.69 Å². The molecular weight excluding hydrogens is 392 g/mol. The Morgan fingerprint density at radius 3 is 2.61 bits per heavy atom. The van der Waals surface area contributed by atoms with E-state index in [0.717, 1.165) is 27.8 Å². The van der Waals surface area contributed by atoms with Crippen molar-refractivity contribution < 1.29 is 4.79 Å². The van der Waals surface area contributed by atoms with Gasteiger partial charge in [0.05, 0.1) is 5.75 Å². The van der Waals surface area contributed by atoms with Gasteiger partial charge in [-0.15, -0.1) is 10.2 Å². The number of hydrogen-bond donors (Lipinski definition) is 0. The molecule has 0 aliphatic carbocycles. The number of carbonyl (C=O) groups excluding carboxylic acids is 1. The molecule has 7 heteroatoms. The van der Waals surface area contributed by atoms with Crippen molar-refractivity contribution in [1.82, 2.24) is 14.8 Å². The number of aryl methyl sites for hydroxylation is 1. The van der Waals surface area contributed by atoms with Gasteiger partial charge in [0.2, 0.25) is 5.91 Å². The van der Waals surface area contributed by atoms with Crippen molar-refractivity contribution in [1.29, 1.82) is 0 Å². The van der Waals surface area contributed by atoms with Gasteiger partial charge in [-0.05, 0) is 44.5 Å². The number of nitrogens with zero attached hydrogens (tertiary/aromatic N) is 4. The molecule has 2 aromatic carbocycles. The quantitative estimate of drug-likeness (QED) is 0.506. The first-order valence-electron chi connectivity index (χ1n) is 9.23. The lowest BCUT2D eigenvalue weighted by Gasteiger charge is -2.22. The van der Waals surface area contributed by atoms with Crippen molar-refractivity contribution in [2.24, 2.45) is 0 Å². The highest BCUT2D eigenvalue weighted by atomic mass is 35.5. The van der Waals surface area contributed by atoms with E-state index in [9.17, 15) is 4.79 Å². The minimum atomic E-state index is 0.0526. The Morgan fingerprint density at radius 2 is 1.93 bits per heavy atom.